The maximum absolute atomic E-state index is 11.1. The van der Waals surface area contributed by atoms with Crippen LogP contribution in [0.15, 0.2) is 48.8 Å². The molecule has 8 heteroatoms. The molecule has 0 radical (unpaired) electrons. The number of aromatic hydroxyl groups is 1. The molecule has 0 spiro atoms. The quantitative estimate of drug-likeness (QED) is 0.445. The molecule has 21 heavy (non-hydrogen) atoms. The molecule has 2 aromatic rings. The number of benzene rings is 1. The van der Waals surface area contributed by atoms with Crippen molar-refractivity contribution in [1.82, 2.24) is 4.98 Å². The van der Waals surface area contributed by atoms with E-state index in [-0.39, 0.29) is 15.8 Å². The van der Waals surface area contributed by atoms with Crippen LogP contribution in [0.1, 0.15) is 6.92 Å². The zero-order chi connectivity index (χ0) is 15.9. The summed E-state index contributed by atoms with van der Waals surface area (Å²) in [7, 11) is 0. The number of phenolic OH excluding ortho intramolecular Hbond substituents is 1. The van der Waals surface area contributed by atoms with E-state index < -0.39 is 20.1 Å². The molecule has 112 valence electrons. The van der Waals surface area contributed by atoms with Crippen LogP contribution in [-0.4, -0.2) is 38.4 Å². The summed E-state index contributed by atoms with van der Waals surface area (Å²) in [6, 6.07) is 9.43. The van der Waals surface area contributed by atoms with Gasteiger partial charge in [0.25, 0.3) is 0 Å². The minimum absolute atomic E-state index is 0.225. The zero-order valence-electron chi connectivity index (χ0n) is 11.2. The topological polar surface area (TPSA) is 120 Å². The largest absolute Gasteiger partial charge is 0.265 e. The van der Waals surface area contributed by atoms with Crippen molar-refractivity contribution in [2.75, 3.05) is 5.32 Å². The van der Waals surface area contributed by atoms with Gasteiger partial charge in [0.05, 0.1) is 0 Å². The molecule has 1 amide bonds. The second-order valence-electron chi connectivity index (χ2n) is 3.92. The molecule has 0 aliphatic rings. The number of amides is 1. The maximum atomic E-state index is 11.1. The Morgan fingerprint density at radius 2 is 1.76 bits per heavy atom. The third-order valence-electron chi connectivity index (χ3n) is 2.20. The third-order valence-corrected chi connectivity index (χ3v) is 4.30. The summed E-state index contributed by atoms with van der Waals surface area (Å²) in [4.78, 5) is 14.6. The molecule has 4 N–H and O–H groups in total. The van der Waals surface area contributed by atoms with Crippen molar-refractivity contribution in [2.45, 2.75) is 6.92 Å². The maximum Gasteiger partial charge on any atom is 0.0267 e. The molecular formula is C13H15AsN2O5. The molecule has 0 aliphatic carbocycles. The minimum atomic E-state index is -5.14. The van der Waals surface area contributed by atoms with E-state index in [1.54, 1.807) is 12.4 Å². The standard InChI is InChI=1S/C8H10AsNO5.C5H5N/c1-5(11)10-8-6(9(13,14)15)3-2-4-7(8)12;1-2-4-6-5-3-1/h2-4,12H,1H3,(H,10,11)(H2,13,14,15);1-5H. The van der Waals surface area contributed by atoms with Gasteiger partial charge in [-0.3, -0.25) is 4.98 Å². The van der Waals surface area contributed by atoms with Crippen LogP contribution in [0.4, 0.5) is 5.69 Å². The summed E-state index contributed by atoms with van der Waals surface area (Å²) < 4.78 is 28.8. The van der Waals surface area contributed by atoms with E-state index >= 15 is 0 Å². The van der Waals surface area contributed by atoms with Crippen LogP contribution in [0.3, 0.4) is 0 Å². The Morgan fingerprint density at radius 1 is 1.14 bits per heavy atom. The molecule has 0 bridgehead atoms. The van der Waals surface area contributed by atoms with Crippen molar-refractivity contribution < 1.29 is 21.8 Å². The second-order valence-corrected chi connectivity index (χ2v) is 7.21. The van der Waals surface area contributed by atoms with Crippen LogP contribution in [0.25, 0.3) is 0 Å². The van der Waals surface area contributed by atoms with Gasteiger partial charge in [-0.05, 0) is 12.1 Å². The van der Waals surface area contributed by atoms with E-state index in [4.69, 9.17) is 8.19 Å². The Labute approximate surface area is 124 Å². The van der Waals surface area contributed by atoms with E-state index in [2.05, 4.69) is 10.3 Å². The van der Waals surface area contributed by atoms with Crippen LogP contribution in [0, 0.1) is 0 Å². The zero-order valence-corrected chi connectivity index (χ0v) is 13.0. The Kier molecular flexibility index (Phi) is 6.17. The number of pyridine rings is 1. The van der Waals surface area contributed by atoms with Gasteiger partial charge in [-0.1, -0.05) is 6.07 Å². The van der Waals surface area contributed by atoms with Gasteiger partial charge < -0.3 is 0 Å². The Morgan fingerprint density at radius 3 is 2.14 bits per heavy atom. The molecule has 0 atom stereocenters. The van der Waals surface area contributed by atoms with Crippen LogP contribution >= 0.6 is 0 Å². The van der Waals surface area contributed by atoms with E-state index in [1.807, 2.05) is 18.2 Å². The number of hydrogen-bond donors (Lipinski definition) is 4. The van der Waals surface area contributed by atoms with Crippen molar-refractivity contribution >= 4 is 30.1 Å². The number of anilines is 1. The molecule has 0 saturated carbocycles. The number of carbonyl (C=O) groups is 1. The minimum Gasteiger partial charge on any atom is -0.265 e. The third kappa shape index (κ3) is 5.83. The number of carbonyl (C=O) groups excluding carboxylic acids is 1. The first-order valence-corrected chi connectivity index (χ1v) is 9.21. The Bertz CT molecular complexity index is 616. The number of nitrogens with zero attached hydrogens (tertiary/aromatic N) is 1. The van der Waals surface area contributed by atoms with Gasteiger partial charge in [0.2, 0.25) is 0 Å². The van der Waals surface area contributed by atoms with E-state index in [0.29, 0.717) is 0 Å². The average molecular weight is 354 g/mol. The summed E-state index contributed by atoms with van der Waals surface area (Å²) in [6.45, 7) is 1.18. The molecule has 1 aromatic heterocycles. The van der Waals surface area contributed by atoms with Crippen molar-refractivity contribution in [1.29, 1.82) is 0 Å². The van der Waals surface area contributed by atoms with Crippen molar-refractivity contribution in [2.24, 2.45) is 0 Å². The fourth-order valence-electron chi connectivity index (χ4n) is 1.39. The summed E-state index contributed by atoms with van der Waals surface area (Å²) in [5.74, 6) is -0.880. The smallest absolute Gasteiger partial charge is 0.0267 e. The summed E-state index contributed by atoms with van der Waals surface area (Å²) in [5.41, 5.74) is -0.225. The Balaban J connectivity index is 0.000000304. The normalized spacial score (nSPS) is 10.2. The second kappa shape index (κ2) is 7.63. The number of phenols is 1. The molecule has 0 saturated heterocycles. The molecule has 0 fully saturated rings. The predicted octanol–water partition coefficient (Wildman–Crippen LogP) is -0.00680. The monoisotopic (exact) mass is 354 g/mol. The molecule has 7 nitrogen and oxygen atoms in total. The number of hydrogen-bond acceptors (Lipinski definition) is 4. The number of rotatable bonds is 2. The van der Waals surface area contributed by atoms with Crippen molar-refractivity contribution in [3.05, 3.63) is 48.8 Å². The van der Waals surface area contributed by atoms with Gasteiger partial charge in [-0.2, -0.15) is 0 Å². The predicted molar refractivity (Wildman–Crippen MR) is 77.2 cm³/mol. The molecule has 1 heterocycles. The van der Waals surface area contributed by atoms with E-state index in [0.717, 1.165) is 0 Å². The van der Waals surface area contributed by atoms with Gasteiger partial charge >= 0.3 is 88.1 Å². The summed E-state index contributed by atoms with van der Waals surface area (Å²) >= 11 is -5.14. The molecule has 0 aliphatic heterocycles. The number of para-hydroxylation sites is 1. The van der Waals surface area contributed by atoms with Gasteiger partial charge in [-0.15, -0.1) is 0 Å². The van der Waals surface area contributed by atoms with Crippen molar-refractivity contribution in [3.8, 4) is 5.75 Å². The first-order valence-electron chi connectivity index (χ1n) is 5.83. The van der Waals surface area contributed by atoms with Crippen LogP contribution in [0.2, 0.25) is 0 Å². The molecule has 0 unspecified atom stereocenters. The van der Waals surface area contributed by atoms with Crippen LogP contribution in [-0.2, 0) is 8.53 Å². The van der Waals surface area contributed by atoms with Gasteiger partial charge in [0.1, 0.15) is 0 Å². The van der Waals surface area contributed by atoms with E-state index in [9.17, 15) is 13.6 Å². The van der Waals surface area contributed by atoms with Gasteiger partial charge in [-0.25, -0.2) is 0 Å². The fourth-order valence-corrected chi connectivity index (χ4v) is 2.94. The van der Waals surface area contributed by atoms with Crippen LogP contribution in [0.5, 0.6) is 5.75 Å². The number of aromatic nitrogens is 1. The van der Waals surface area contributed by atoms with Crippen LogP contribution < -0.4 is 9.67 Å². The molecule has 1 aromatic carbocycles. The average Bonchev–Trinajstić information content (AvgIpc) is 2.42. The Hall–Kier alpha value is -2.08. The first kappa shape index (κ1) is 17.0. The molecular weight excluding hydrogens is 339 g/mol. The molecule has 2 rings (SSSR count). The SMILES string of the molecule is CC(=O)Nc1c(O)cccc1[As](=O)(O)O.c1ccncc1. The first-order chi connectivity index (χ1) is 9.82. The fraction of sp³-hybridized carbons (Fsp3) is 0.0769. The summed E-state index contributed by atoms with van der Waals surface area (Å²) in [5, 5.41) is 11.5. The van der Waals surface area contributed by atoms with Gasteiger partial charge in [0.15, 0.2) is 0 Å². The van der Waals surface area contributed by atoms with E-state index in [1.165, 1.54) is 25.1 Å². The van der Waals surface area contributed by atoms with Gasteiger partial charge in [0, 0.05) is 12.4 Å². The van der Waals surface area contributed by atoms with Crippen molar-refractivity contribution in [3.63, 3.8) is 0 Å². The number of nitrogens with one attached hydrogen (secondary N) is 1. The summed E-state index contributed by atoms with van der Waals surface area (Å²) in [6.07, 6.45) is 3.50.